The Balaban J connectivity index is 2.23. The number of alkyl carbamates (subject to hydrolysis) is 2. The van der Waals surface area contributed by atoms with E-state index in [9.17, 15) is 14.4 Å². The first-order valence-corrected chi connectivity index (χ1v) is 14.3. The summed E-state index contributed by atoms with van der Waals surface area (Å²) in [6.07, 6.45) is 1.96. The molecular formula is C25H41N3O7S2. The van der Waals surface area contributed by atoms with Crippen LogP contribution in [0.4, 0.5) is 9.59 Å². The summed E-state index contributed by atoms with van der Waals surface area (Å²) in [5.74, 6) is -0.665. The van der Waals surface area contributed by atoms with Crippen molar-refractivity contribution in [2.24, 2.45) is 0 Å². The average molecular weight is 560 g/mol. The molecule has 0 saturated carbocycles. The van der Waals surface area contributed by atoms with Crippen LogP contribution in [0.2, 0.25) is 0 Å². The van der Waals surface area contributed by atoms with E-state index in [0.29, 0.717) is 13.0 Å². The Kier molecular flexibility index (Phi) is 14.1. The molecule has 1 aromatic heterocycles. The third-order valence-electron chi connectivity index (χ3n) is 4.86. The van der Waals surface area contributed by atoms with E-state index in [1.807, 2.05) is 32.0 Å². The lowest BCUT2D eigenvalue weighted by Gasteiger charge is -2.31. The molecule has 0 radical (unpaired) electrons. The molecule has 1 unspecified atom stereocenters. The zero-order valence-corrected chi connectivity index (χ0v) is 24.5. The Bertz CT molecular complexity index is 850. The van der Waals surface area contributed by atoms with Crippen LogP contribution >= 0.6 is 21.6 Å². The molecule has 10 nitrogen and oxygen atoms in total. The number of nitrogens with zero attached hydrogens (tertiary/aromatic N) is 1. The Morgan fingerprint density at radius 3 is 2.27 bits per heavy atom. The predicted octanol–water partition coefficient (Wildman–Crippen LogP) is 4.97. The highest BCUT2D eigenvalue weighted by molar-refractivity contribution is 8.77. The van der Waals surface area contributed by atoms with Crippen molar-refractivity contribution in [2.45, 2.75) is 82.3 Å². The average Bonchev–Trinajstić information content (AvgIpc) is 2.82. The van der Waals surface area contributed by atoms with Crippen LogP contribution in [-0.4, -0.2) is 72.0 Å². The molecule has 12 heteroatoms. The summed E-state index contributed by atoms with van der Waals surface area (Å²) in [5.41, 5.74) is -1.21. The Labute approximate surface area is 228 Å². The fourth-order valence-corrected chi connectivity index (χ4v) is 4.72. The standard InChI is InChI=1S/C25H41N3O7S2/c1-8-25(7,34-14-12-24(5,6)37-36-19-11-9-10-13-26-19)18-28-21(30)33-16-15-32-20(29)17-27-22(31)35-23(2,3)4/h9-11,13H,8,12,14-18H2,1-7H3,(H,27,31)(H,28,30). The lowest BCUT2D eigenvalue weighted by molar-refractivity contribution is -0.143. The fourth-order valence-electron chi connectivity index (χ4n) is 2.52. The molecule has 0 saturated heterocycles. The van der Waals surface area contributed by atoms with Crippen molar-refractivity contribution in [2.75, 3.05) is 32.9 Å². The maximum Gasteiger partial charge on any atom is 0.408 e. The number of carbonyl (C=O) groups excluding carboxylic acids is 3. The summed E-state index contributed by atoms with van der Waals surface area (Å²) < 4.78 is 21.1. The van der Waals surface area contributed by atoms with Gasteiger partial charge in [-0.15, -0.1) is 0 Å². The number of pyridine rings is 1. The third kappa shape index (κ3) is 16.3. The first-order valence-electron chi connectivity index (χ1n) is 12.2. The Hall–Kier alpha value is -2.18. The number of hydrogen-bond donors (Lipinski definition) is 2. The van der Waals surface area contributed by atoms with Gasteiger partial charge in [0.05, 0.1) is 5.60 Å². The lowest BCUT2D eigenvalue weighted by atomic mass is 10.0. The summed E-state index contributed by atoms with van der Waals surface area (Å²) in [7, 11) is 3.39. The van der Waals surface area contributed by atoms with Gasteiger partial charge in [0.2, 0.25) is 0 Å². The summed E-state index contributed by atoms with van der Waals surface area (Å²) >= 11 is 0. The molecule has 2 N–H and O–H groups in total. The first kappa shape index (κ1) is 32.8. The number of hydrogen-bond acceptors (Lipinski definition) is 10. The zero-order chi connectivity index (χ0) is 28.0. The van der Waals surface area contributed by atoms with Crippen LogP contribution in [0.15, 0.2) is 29.4 Å². The lowest BCUT2D eigenvalue weighted by Crippen LogP contribution is -2.43. The molecule has 2 amide bonds. The van der Waals surface area contributed by atoms with E-state index in [0.717, 1.165) is 11.4 Å². The quantitative estimate of drug-likeness (QED) is 0.132. The second-order valence-electron chi connectivity index (χ2n) is 10.1. The van der Waals surface area contributed by atoms with E-state index < -0.39 is 29.4 Å². The number of ether oxygens (including phenoxy) is 4. The molecule has 0 aliphatic rings. The van der Waals surface area contributed by atoms with Crippen LogP contribution in [-0.2, 0) is 23.7 Å². The fraction of sp³-hybridized carbons (Fsp3) is 0.680. The van der Waals surface area contributed by atoms with Gasteiger partial charge in [-0.05, 0) is 77.3 Å². The van der Waals surface area contributed by atoms with Gasteiger partial charge in [-0.25, -0.2) is 14.6 Å². The van der Waals surface area contributed by atoms with Crippen molar-refractivity contribution in [3.8, 4) is 0 Å². The Morgan fingerprint density at radius 1 is 0.946 bits per heavy atom. The van der Waals surface area contributed by atoms with Gasteiger partial charge in [-0.3, -0.25) is 4.79 Å². The van der Waals surface area contributed by atoms with Crippen molar-refractivity contribution in [1.29, 1.82) is 0 Å². The van der Waals surface area contributed by atoms with Crippen LogP contribution in [0.3, 0.4) is 0 Å². The minimum absolute atomic E-state index is 0.0247. The molecule has 0 spiro atoms. The third-order valence-corrected chi connectivity index (χ3v) is 8.12. The highest BCUT2D eigenvalue weighted by Crippen LogP contribution is 2.41. The van der Waals surface area contributed by atoms with Crippen LogP contribution in [0, 0.1) is 0 Å². The molecule has 1 rings (SSSR count). The van der Waals surface area contributed by atoms with Gasteiger partial charge >= 0.3 is 18.2 Å². The maximum atomic E-state index is 12.0. The normalized spacial score (nSPS) is 13.3. The Morgan fingerprint density at radius 2 is 1.65 bits per heavy atom. The smallest absolute Gasteiger partial charge is 0.408 e. The monoisotopic (exact) mass is 559 g/mol. The molecule has 0 bridgehead atoms. The van der Waals surface area contributed by atoms with Gasteiger partial charge in [-0.1, -0.05) is 23.8 Å². The molecule has 37 heavy (non-hydrogen) atoms. The summed E-state index contributed by atoms with van der Waals surface area (Å²) in [6.45, 7) is 13.6. The number of nitrogens with one attached hydrogen (secondary N) is 2. The zero-order valence-electron chi connectivity index (χ0n) is 22.9. The van der Waals surface area contributed by atoms with Gasteiger partial charge in [0.15, 0.2) is 0 Å². The molecule has 210 valence electrons. The molecule has 0 aromatic carbocycles. The molecule has 1 aromatic rings. The van der Waals surface area contributed by atoms with E-state index >= 15 is 0 Å². The topological polar surface area (TPSA) is 125 Å². The van der Waals surface area contributed by atoms with Gasteiger partial charge in [-0.2, -0.15) is 0 Å². The molecule has 1 heterocycles. The number of amides is 2. The van der Waals surface area contributed by atoms with Crippen LogP contribution in [0.1, 0.15) is 61.3 Å². The van der Waals surface area contributed by atoms with Crippen molar-refractivity contribution >= 4 is 39.7 Å². The van der Waals surface area contributed by atoms with Crippen LogP contribution in [0.5, 0.6) is 0 Å². The number of esters is 1. The van der Waals surface area contributed by atoms with E-state index in [-0.39, 0.29) is 31.1 Å². The van der Waals surface area contributed by atoms with Gasteiger partial charge < -0.3 is 29.6 Å². The van der Waals surface area contributed by atoms with Gasteiger partial charge in [0, 0.05) is 24.1 Å². The van der Waals surface area contributed by atoms with Crippen molar-refractivity contribution in [1.82, 2.24) is 15.6 Å². The highest BCUT2D eigenvalue weighted by atomic mass is 33.1. The molecule has 1 atom stereocenters. The first-order chi connectivity index (χ1) is 17.2. The predicted molar refractivity (Wildman–Crippen MR) is 146 cm³/mol. The molecule has 0 fully saturated rings. The molecule has 0 aliphatic carbocycles. The van der Waals surface area contributed by atoms with Crippen molar-refractivity contribution < 1.29 is 33.3 Å². The second kappa shape index (κ2) is 15.9. The van der Waals surface area contributed by atoms with Crippen molar-refractivity contribution in [3.05, 3.63) is 24.4 Å². The maximum absolute atomic E-state index is 12.0. The summed E-state index contributed by atoms with van der Waals surface area (Å²) in [6, 6.07) is 5.85. The second-order valence-corrected chi connectivity index (χ2v) is 12.9. The van der Waals surface area contributed by atoms with Crippen LogP contribution in [0.25, 0.3) is 0 Å². The van der Waals surface area contributed by atoms with E-state index in [2.05, 4.69) is 29.5 Å². The number of carbonyl (C=O) groups is 3. The molecular weight excluding hydrogens is 518 g/mol. The highest BCUT2D eigenvalue weighted by Gasteiger charge is 2.26. The van der Waals surface area contributed by atoms with Crippen molar-refractivity contribution in [3.63, 3.8) is 0 Å². The number of aromatic nitrogens is 1. The SMILES string of the molecule is CCC(C)(CNC(=O)OCCOC(=O)CNC(=O)OC(C)(C)C)OCCC(C)(C)SSc1ccccn1. The largest absolute Gasteiger partial charge is 0.461 e. The van der Waals surface area contributed by atoms with E-state index in [1.165, 1.54) is 0 Å². The van der Waals surface area contributed by atoms with Crippen LogP contribution < -0.4 is 10.6 Å². The van der Waals surface area contributed by atoms with E-state index in [1.54, 1.807) is 48.6 Å². The molecule has 0 aliphatic heterocycles. The number of rotatable bonds is 15. The minimum atomic E-state index is -0.716. The van der Waals surface area contributed by atoms with Gasteiger partial charge in [0.1, 0.15) is 30.4 Å². The summed E-state index contributed by atoms with van der Waals surface area (Å²) in [5, 5.41) is 5.97. The van der Waals surface area contributed by atoms with E-state index in [4.69, 9.17) is 18.9 Å². The minimum Gasteiger partial charge on any atom is -0.461 e. The summed E-state index contributed by atoms with van der Waals surface area (Å²) in [4.78, 5) is 39.6. The van der Waals surface area contributed by atoms with Gasteiger partial charge in [0.25, 0.3) is 0 Å².